The van der Waals surface area contributed by atoms with Gasteiger partial charge in [-0.05, 0) is 31.4 Å². The molecule has 1 amide bonds. The van der Waals surface area contributed by atoms with Crippen molar-refractivity contribution >= 4 is 5.91 Å². The Hall–Kier alpha value is -1.62. The summed E-state index contributed by atoms with van der Waals surface area (Å²) in [6.45, 7) is 3.34. The Morgan fingerprint density at radius 1 is 1.53 bits per heavy atom. The second-order valence-electron chi connectivity index (χ2n) is 4.17. The minimum atomic E-state index is -0.269. The molecule has 1 atom stereocenters. The van der Waals surface area contributed by atoms with Gasteiger partial charge in [0, 0.05) is 12.6 Å². The molecule has 94 valence electrons. The van der Waals surface area contributed by atoms with E-state index < -0.39 is 0 Å². The van der Waals surface area contributed by atoms with Gasteiger partial charge in [-0.2, -0.15) is 0 Å². The molecule has 17 heavy (non-hydrogen) atoms. The van der Waals surface area contributed by atoms with Crippen LogP contribution in [0.2, 0.25) is 0 Å². The van der Waals surface area contributed by atoms with E-state index in [4.69, 9.17) is 5.73 Å². The van der Waals surface area contributed by atoms with Gasteiger partial charge in [-0.3, -0.25) is 9.59 Å². The lowest BCUT2D eigenvalue weighted by Gasteiger charge is -2.08. The summed E-state index contributed by atoms with van der Waals surface area (Å²) < 4.78 is 0. The third-order valence-corrected chi connectivity index (χ3v) is 2.57. The predicted octanol–water partition coefficient (Wildman–Crippen LogP) is 0.480. The van der Waals surface area contributed by atoms with E-state index in [9.17, 15) is 9.59 Å². The topological polar surface area (TPSA) is 88.0 Å². The fraction of sp³-hybridized carbons (Fsp3) is 0.500. The predicted molar refractivity (Wildman–Crippen MR) is 66.8 cm³/mol. The molecule has 0 radical (unpaired) electrons. The molecule has 1 heterocycles. The zero-order valence-corrected chi connectivity index (χ0v) is 10.0. The van der Waals surface area contributed by atoms with Gasteiger partial charge in [-0.25, -0.2) is 0 Å². The number of rotatable bonds is 6. The molecule has 0 aliphatic carbocycles. The molecule has 0 aliphatic rings. The van der Waals surface area contributed by atoms with Gasteiger partial charge in [0.1, 0.15) is 5.69 Å². The van der Waals surface area contributed by atoms with Gasteiger partial charge in [0.15, 0.2) is 0 Å². The summed E-state index contributed by atoms with van der Waals surface area (Å²) in [7, 11) is 0. The maximum atomic E-state index is 11.6. The number of hydrogen-bond donors (Lipinski definition) is 3. The monoisotopic (exact) mass is 237 g/mol. The number of hydrogen-bond acceptors (Lipinski definition) is 3. The van der Waals surface area contributed by atoms with Crippen LogP contribution >= 0.6 is 0 Å². The molecule has 5 nitrogen and oxygen atoms in total. The van der Waals surface area contributed by atoms with Gasteiger partial charge < -0.3 is 16.0 Å². The molecule has 0 spiro atoms. The Bertz CT molecular complexity index is 414. The minimum Gasteiger partial charge on any atom is -0.351 e. The highest BCUT2D eigenvalue weighted by atomic mass is 16.2. The standard InChI is InChI=1S/C12H19N3O2/c1-9(8-13)4-3-7-14-12(17)10-5-2-6-11(16)15-10/h2,5-6,9H,3-4,7-8,13H2,1H3,(H,14,17)(H,15,16). The fourth-order valence-electron chi connectivity index (χ4n) is 1.45. The molecule has 0 aliphatic heterocycles. The average molecular weight is 237 g/mol. The van der Waals surface area contributed by atoms with Crippen LogP contribution in [0.3, 0.4) is 0 Å². The van der Waals surface area contributed by atoms with E-state index in [2.05, 4.69) is 17.2 Å². The van der Waals surface area contributed by atoms with Gasteiger partial charge in [0.25, 0.3) is 5.91 Å². The van der Waals surface area contributed by atoms with Crippen molar-refractivity contribution in [2.75, 3.05) is 13.1 Å². The molecular formula is C12H19N3O2. The van der Waals surface area contributed by atoms with Crippen LogP contribution in [0, 0.1) is 5.92 Å². The number of H-pyrrole nitrogens is 1. The summed E-state index contributed by atoms with van der Waals surface area (Å²) in [5.74, 6) is 0.228. The Kier molecular flexibility index (Phi) is 5.42. The number of amides is 1. The number of nitrogens with one attached hydrogen (secondary N) is 2. The highest BCUT2D eigenvalue weighted by Gasteiger charge is 2.05. The van der Waals surface area contributed by atoms with Crippen LogP contribution in [0.15, 0.2) is 23.0 Å². The third kappa shape index (κ3) is 4.82. The van der Waals surface area contributed by atoms with E-state index in [-0.39, 0.29) is 11.5 Å². The smallest absolute Gasteiger partial charge is 0.267 e. The number of pyridine rings is 1. The Labute approximate surface area is 100 Å². The molecule has 0 fully saturated rings. The number of carbonyl (C=O) groups is 1. The highest BCUT2D eigenvalue weighted by molar-refractivity contribution is 5.92. The van der Waals surface area contributed by atoms with Crippen molar-refractivity contribution in [1.29, 1.82) is 0 Å². The van der Waals surface area contributed by atoms with E-state index in [0.29, 0.717) is 24.7 Å². The Morgan fingerprint density at radius 2 is 2.29 bits per heavy atom. The molecule has 0 saturated carbocycles. The number of aromatic amines is 1. The van der Waals surface area contributed by atoms with Gasteiger partial charge >= 0.3 is 0 Å². The maximum Gasteiger partial charge on any atom is 0.267 e. The SMILES string of the molecule is CC(CN)CCCNC(=O)c1cccc(=O)[nH]1. The highest BCUT2D eigenvalue weighted by Crippen LogP contribution is 2.01. The van der Waals surface area contributed by atoms with Crippen LogP contribution in [0.1, 0.15) is 30.3 Å². The molecule has 4 N–H and O–H groups in total. The summed E-state index contributed by atoms with van der Waals surface area (Å²) in [5.41, 5.74) is 5.52. The molecule has 1 aromatic rings. The first-order valence-corrected chi connectivity index (χ1v) is 5.81. The van der Waals surface area contributed by atoms with Crippen LogP contribution in [-0.4, -0.2) is 24.0 Å². The summed E-state index contributed by atoms with van der Waals surface area (Å²) in [6.07, 6.45) is 1.88. The zero-order valence-electron chi connectivity index (χ0n) is 10.0. The van der Waals surface area contributed by atoms with Crippen molar-refractivity contribution in [3.05, 3.63) is 34.2 Å². The summed E-state index contributed by atoms with van der Waals surface area (Å²) in [5, 5.41) is 2.76. The zero-order chi connectivity index (χ0) is 12.7. The van der Waals surface area contributed by atoms with Crippen molar-refractivity contribution in [2.45, 2.75) is 19.8 Å². The van der Waals surface area contributed by atoms with Crippen molar-refractivity contribution < 1.29 is 4.79 Å². The molecule has 0 aromatic carbocycles. The van der Waals surface area contributed by atoms with E-state index in [1.54, 1.807) is 12.1 Å². The van der Waals surface area contributed by atoms with Crippen LogP contribution < -0.4 is 16.6 Å². The van der Waals surface area contributed by atoms with Crippen molar-refractivity contribution in [2.24, 2.45) is 11.7 Å². The third-order valence-electron chi connectivity index (χ3n) is 2.57. The fourth-order valence-corrected chi connectivity index (χ4v) is 1.45. The van der Waals surface area contributed by atoms with Gasteiger partial charge in [-0.1, -0.05) is 13.0 Å². The molecule has 1 rings (SSSR count). The van der Waals surface area contributed by atoms with Gasteiger partial charge in [0.2, 0.25) is 5.56 Å². The lowest BCUT2D eigenvalue weighted by atomic mass is 10.1. The van der Waals surface area contributed by atoms with Crippen molar-refractivity contribution in [3.8, 4) is 0 Å². The van der Waals surface area contributed by atoms with Crippen LogP contribution in [0.4, 0.5) is 0 Å². The minimum absolute atomic E-state index is 0.247. The quantitative estimate of drug-likeness (QED) is 0.629. The second kappa shape index (κ2) is 6.85. The van der Waals surface area contributed by atoms with E-state index >= 15 is 0 Å². The molecule has 1 aromatic heterocycles. The van der Waals surface area contributed by atoms with E-state index in [1.165, 1.54) is 6.07 Å². The average Bonchev–Trinajstić information content (AvgIpc) is 2.34. The molecule has 0 bridgehead atoms. The number of nitrogens with two attached hydrogens (primary N) is 1. The Morgan fingerprint density at radius 3 is 2.94 bits per heavy atom. The van der Waals surface area contributed by atoms with Crippen molar-refractivity contribution in [3.63, 3.8) is 0 Å². The molecular weight excluding hydrogens is 218 g/mol. The second-order valence-corrected chi connectivity index (χ2v) is 4.17. The van der Waals surface area contributed by atoms with Gasteiger partial charge in [0.05, 0.1) is 0 Å². The number of carbonyl (C=O) groups excluding carboxylic acids is 1. The normalized spacial score (nSPS) is 12.1. The lowest BCUT2D eigenvalue weighted by Crippen LogP contribution is -2.27. The summed E-state index contributed by atoms with van der Waals surface area (Å²) >= 11 is 0. The van der Waals surface area contributed by atoms with Crippen LogP contribution in [0.5, 0.6) is 0 Å². The molecule has 5 heteroatoms. The molecule has 1 unspecified atom stereocenters. The largest absolute Gasteiger partial charge is 0.351 e. The molecule has 0 saturated heterocycles. The Balaban J connectivity index is 2.33. The maximum absolute atomic E-state index is 11.6. The first-order chi connectivity index (χ1) is 8.13. The van der Waals surface area contributed by atoms with Gasteiger partial charge in [-0.15, -0.1) is 0 Å². The number of aromatic nitrogens is 1. The van der Waals surface area contributed by atoms with Crippen LogP contribution in [0.25, 0.3) is 0 Å². The van der Waals surface area contributed by atoms with Crippen LogP contribution in [-0.2, 0) is 0 Å². The van der Waals surface area contributed by atoms with E-state index in [0.717, 1.165) is 12.8 Å². The van der Waals surface area contributed by atoms with E-state index in [1.807, 2.05) is 0 Å². The summed E-state index contributed by atoms with van der Waals surface area (Å²) in [6, 6.07) is 4.52. The first-order valence-electron chi connectivity index (χ1n) is 5.81. The van der Waals surface area contributed by atoms with Crippen molar-refractivity contribution in [1.82, 2.24) is 10.3 Å². The lowest BCUT2D eigenvalue weighted by molar-refractivity contribution is 0.0947. The first kappa shape index (κ1) is 13.4. The summed E-state index contributed by atoms with van der Waals surface area (Å²) in [4.78, 5) is 25.1.